The summed E-state index contributed by atoms with van der Waals surface area (Å²) in [6, 6.07) is -0.408. The standard InChI is InChI=1S/C8H14F3NO/c1-3-4-5-6(2)12-7(13)8(9,10)11/h6H,3-5H2,1-2H3,(H,12,13). The van der Waals surface area contributed by atoms with Gasteiger partial charge in [0.05, 0.1) is 0 Å². The maximum absolute atomic E-state index is 11.7. The molecule has 0 aliphatic heterocycles. The van der Waals surface area contributed by atoms with Crippen LogP contribution in [0, 0.1) is 0 Å². The molecule has 0 aromatic rings. The van der Waals surface area contributed by atoms with E-state index < -0.39 is 18.1 Å². The number of hydrogen-bond donors (Lipinski definition) is 1. The van der Waals surface area contributed by atoms with Crippen molar-refractivity contribution in [3.05, 3.63) is 0 Å². The molecule has 1 amide bonds. The Kier molecular flexibility index (Phi) is 4.80. The van der Waals surface area contributed by atoms with Crippen molar-refractivity contribution >= 4 is 5.91 Å². The number of halogens is 3. The molecule has 0 radical (unpaired) electrons. The maximum atomic E-state index is 11.7. The zero-order valence-corrected chi connectivity index (χ0v) is 7.74. The van der Waals surface area contributed by atoms with Crippen LogP contribution in [0.4, 0.5) is 13.2 Å². The zero-order chi connectivity index (χ0) is 10.5. The van der Waals surface area contributed by atoms with Crippen LogP contribution in [0.3, 0.4) is 0 Å². The van der Waals surface area contributed by atoms with E-state index in [2.05, 4.69) is 0 Å². The van der Waals surface area contributed by atoms with Gasteiger partial charge >= 0.3 is 12.1 Å². The Morgan fingerprint density at radius 1 is 1.46 bits per heavy atom. The van der Waals surface area contributed by atoms with Gasteiger partial charge in [-0.1, -0.05) is 19.8 Å². The number of nitrogens with one attached hydrogen (secondary N) is 1. The Morgan fingerprint density at radius 3 is 2.38 bits per heavy atom. The molecular weight excluding hydrogens is 183 g/mol. The average molecular weight is 197 g/mol. The number of carbonyl (C=O) groups excluding carboxylic acids is 1. The van der Waals surface area contributed by atoms with Gasteiger partial charge in [0.15, 0.2) is 0 Å². The first-order valence-electron chi connectivity index (χ1n) is 4.25. The Bertz CT molecular complexity index is 167. The van der Waals surface area contributed by atoms with Gasteiger partial charge in [0.25, 0.3) is 0 Å². The van der Waals surface area contributed by atoms with Crippen molar-refractivity contribution in [3.8, 4) is 0 Å². The van der Waals surface area contributed by atoms with Crippen LogP contribution in [0.2, 0.25) is 0 Å². The minimum atomic E-state index is -4.76. The summed E-state index contributed by atoms with van der Waals surface area (Å²) in [7, 11) is 0. The molecule has 0 aromatic carbocycles. The number of amides is 1. The van der Waals surface area contributed by atoms with Gasteiger partial charge < -0.3 is 5.32 Å². The highest BCUT2D eigenvalue weighted by molar-refractivity contribution is 5.81. The van der Waals surface area contributed by atoms with E-state index in [1.807, 2.05) is 12.2 Å². The number of carbonyl (C=O) groups is 1. The Morgan fingerprint density at radius 2 is 2.00 bits per heavy atom. The lowest BCUT2D eigenvalue weighted by molar-refractivity contribution is -0.174. The molecule has 0 spiro atoms. The van der Waals surface area contributed by atoms with Crippen LogP contribution in [0.25, 0.3) is 0 Å². The largest absolute Gasteiger partial charge is 0.471 e. The molecule has 0 saturated carbocycles. The lowest BCUT2D eigenvalue weighted by Gasteiger charge is -2.14. The quantitative estimate of drug-likeness (QED) is 0.735. The third kappa shape index (κ3) is 5.49. The molecular formula is C8H14F3NO. The Hall–Kier alpha value is -0.740. The summed E-state index contributed by atoms with van der Waals surface area (Å²) in [5.74, 6) is -1.85. The van der Waals surface area contributed by atoms with Crippen molar-refractivity contribution in [1.82, 2.24) is 5.32 Å². The van der Waals surface area contributed by atoms with E-state index >= 15 is 0 Å². The molecule has 1 unspecified atom stereocenters. The van der Waals surface area contributed by atoms with Crippen molar-refractivity contribution in [3.63, 3.8) is 0 Å². The summed E-state index contributed by atoms with van der Waals surface area (Å²) in [5.41, 5.74) is 0. The highest BCUT2D eigenvalue weighted by Crippen LogP contribution is 2.15. The van der Waals surface area contributed by atoms with Crippen LogP contribution < -0.4 is 5.32 Å². The normalized spacial score (nSPS) is 13.9. The summed E-state index contributed by atoms with van der Waals surface area (Å²) in [6.07, 6.45) is -2.45. The van der Waals surface area contributed by atoms with Crippen LogP contribution in [-0.4, -0.2) is 18.1 Å². The lowest BCUT2D eigenvalue weighted by Crippen LogP contribution is -2.41. The maximum Gasteiger partial charge on any atom is 0.471 e. The van der Waals surface area contributed by atoms with Crippen molar-refractivity contribution in [2.75, 3.05) is 0 Å². The molecule has 1 N–H and O–H groups in total. The first-order valence-corrected chi connectivity index (χ1v) is 4.25. The van der Waals surface area contributed by atoms with E-state index in [1.165, 1.54) is 0 Å². The molecule has 5 heteroatoms. The molecule has 0 heterocycles. The first kappa shape index (κ1) is 12.3. The van der Waals surface area contributed by atoms with E-state index in [9.17, 15) is 18.0 Å². The predicted octanol–water partition coefficient (Wildman–Crippen LogP) is 2.24. The van der Waals surface area contributed by atoms with Crippen LogP contribution in [-0.2, 0) is 4.79 Å². The summed E-state index contributed by atoms with van der Waals surface area (Å²) >= 11 is 0. The molecule has 0 aliphatic rings. The molecule has 0 aliphatic carbocycles. The highest BCUT2D eigenvalue weighted by atomic mass is 19.4. The van der Waals surface area contributed by atoms with E-state index in [1.54, 1.807) is 6.92 Å². The summed E-state index contributed by atoms with van der Waals surface area (Å²) < 4.78 is 35.2. The van der Waals surface area contributed by atoms with Crippen LogP contribution in [0.5, 0.6) is 0 Å². The van der Waals surface area contributed by atoms with E-state index in [4.69, 9.17) is 0 Å². The Labute approximate surface area is 75.5 Å². The molecule has 0 bridgehead atoms. The summed E-state index contributed by atoms with van der Waals surface area (Å²) in [5, 5.41) is 1.89. The minimum Gasteiger partial charge on any atom is -0.346 e. The predicted molar refractivity (Wildman–Crippen MR) is 43.2 cm³/mol. The van der Waals surface area contributed by atoms with Gasteiger partial charge in [0.2, 0.25) is 0 Å². The molecule has 2 nitrogen and oxygen atoms in total. The van der Waals surface area contributed by atoms with Crippen molar-refractivity contribution in [1.29, 1.82) is 0 Å². The fourth-order valence-corrected chi connectivity index (χ4v) is 0.888. The monoisotopic (exact) mass is 197 g/mol. The highest BCUT2D eigenvalue weighted by Gasteiger charge is 2.38. The summed E-state index contributed by atoms with van der Waals surface area (Å²) in [4.78, 5) is 10.4. The van der Waals surface area contributed by atoms with E-state index in [0.29, 0.717) is 6.42 Å². The van der Waals surface area contributed by atoms with Crippen molar-refractivity contribution < 1.29 is 18.0 Å². The SMILES string of the molecule is CCCCC(C)NC(=O)C(F)(F)F. The third-order valence-corrected chi connectivity index (χ3v) is 1.63. The second-order valence-electron chi connectivity index (χ2n) is 3.01. The Balaban J connectivity index is 3.79. The molecule has 0 rings (SSSR count). The van der Waals surface area contributed by atoms with Crippen molar-refractivity contribution in [2.24, 2.45) is 0 Å². The van der Waals surface area contributed by atoms with Gasteiger partial charge in [-0.2, -0.15) is 13.2 Å². The van der Waals surface area contributed by atoms with Crippen LogP contribution in [0.15, 0.2) is 0 Å². The topological polar surface area (TPSA) is 29.1 Å². The smallest absolute Gasteiger partial charge is 0.346 e. The number of unbranched alkanes of at least 4 members (excludes halogenated alkanes) is 1. The fraction of sp³-hybridized carbons (Fsp3) is 0.875. The minimum absolute atomic E-state index is 0.408. The second kappa shape index (κ2) is 5.09. The molecule has 13 heavy (non-hydrogen) atoms. The van der Waals surface area contributed by atoms with Gasteiger partial charge in [0.1, 0.15) is 0 Å². The van der Waals surface area contributed by atoms with Crippen LogP contribution in [0.1, 0.15) is 33.1 Å². The lowest BCUT2D eigenvalue weighted by atomic mass is 10.1. The zero-order valence-electron chi connectivity index (χ0n) is 7.74. The van der Waals surface area contributed by atoms with Gasteiger partial charge in [0, 0.05) is 6.04 Å². The van der Waals surface area contributed by atoms with Gasteiger partial charge in [-0.05, 0) is 13.3 Å². The van der Waals surface area contributed by atoms with Crippen molar-refractivity contribution in [2.45, 2.75) is 45.3 Å². The van der Waals surface area contributed by atoms with E-state index in [-0.39, 0.29) is 0 Å². The van der Waals surface area contributed by atoms with Gasteiger partial charge in [-0.15, -0.1) is 0 Å². The van der Waals surface area contributed by atoms with Gasteiger partial charge in [-0.25, -0.2) is 0 Å². The molecule has 1 atom stereocenters. The number of hydrogen-bond acceptors (Lipinski definition) is 1. The fourth-order valence-electron chi connectivity index (χ4n) is 0.888. The number of rotatable bonds is 4. The first-order chi connectivity index (χ1) is 5.88. The average Bonchev–Trinajstić information content (AvgIpc) is 1.99. The molecule has 78 valence electrons. The molecule has 0 saturated heterocycles. The van der Waals surface area contributed by atoms with E-state index in [0.717, 1.165) is 12.8 Å². The number of alkyl halides is 3. The summed E-state index contributed by atoms with van der Waals surface area (Å²) in [6.45, 7) is 3.51. The second-order valence-corrected chi connectivity index (χ2v) is 3.01. The van der Waals surface area contributed by atoms with Crippen LogP contribution >= 0.6 is 0 Å². The molecule has 0 fully saturated rings. The van der Waals surface area contributed by atoms with Gasteiger partial charge in [-0.3, -0.25) is 4.79 Å². The molecule has 0 aromatic heterocycles. The third-order valence-electron chi connectivity index (χ3n) is 1.63.